The van der Waals surface area contributed by atoms with Gasteiger partial charge in [-0.1, -0.05) is 17.7 Å². The van der Waals surface area contributed by atoms with E-state index in [1.807, 2.05) is 32.0 Å². The van der Waals surface area contributed by atoms with E-state index in [0.717, 1.165) is 30.8 Å². The van der Waals surface area contributed by atoms with Crippen LogP contribution in [0.15, 0.2) is 23.2 Å². The SMILES string of the molecule is CC[NH+](CC)CCN=CC1C(=O)NC(=S)N(c2ccc(C)cc2C)C1=O. The Bertz CT molecular complexity index is 728. The molecule has 0 aliphatic carbocycles. The Labute approximate surface area is 160 Å². The van der Waals surface area contributed by atoms with Gasteiger partial charge in [-0.2, -0.15) is 0 Å². The molecule has 1 aliphatic heterocycles. The lowest BCUT2D eigenvalue weighted by molar-refractivity contribution is -0.894. The first-order chi connectivity index (χ1) is 12.4. The van der Waals surface area contributed by atoms with E-state index in [9.17, 15) is 9.59 Å². The smallest absolute Gasteiger partial charge is 0.251 e. The summed E-state index contributed by atoms with van der Waals surface area (Å²) in [5.74, 6) is -1.72. The Morgan fingerprint density at radius 2 is 1.96 bits per heavy atom. The van der Waals surface area contributed by atoms with E-state index < -0.39 is 11.8 Å². The number of nitrogens with one attached hydrogen (secondary N) is 2. The fourth-order valence-corrected chi connectivity index (χ4v) is 3.30. The monoisotopic (exact) mass is 375 g/mol. The molecule has 1 fully saturated rings. The van der Waals surface area contributed by atoms with Crippen molar-refractivity contribution < 1.29 is 14.5 Å². The first-order valence-electron chi connectivity index (χ1n) is 8.98. The molecule has 6 nitrogen and oxygen atoms in total. The number of aliphatic imine (C=N–C) groups is 1. The minimum Gasteiger partial charge on any atom is -0.334 e. The molecule has 1 aliphatic rings. The zero-order chi connectivity index (χ0) is 19.3. The maximum Gasteiger partial charge on any atom is 0.251 e. The number of quaternary nitrogens is 1. The van der Waals surface area contributed by atoms with Crippen LogP contribution in [0.2, 0.25) is 0 Å². The van der Waals surface area contributed by atoms with Gasteiger partial charge in [-0.25, -0.2) is 0 Å². The highest BCUT2D eigenvalue weighted by atomic mass is 32.1. The highest BCUT2D eigenvalue weighted by Gasteiger charge is 2.38. The Morgan fingerprint density at radius 1 is 1.27 bits per heavy atom. The molecule has 2 amide bonds. The van der Waals surface area contributed by atoms with Crippen LogP contribution in [0.1, 0.15) is 25.0 Å². The van der Waals surface area contributed by atoms with Gasteiger partial charge in [-0.05, 0) is 51.5 Å². The van der Waals surface area contributed by atoms with Crippen LogP contribution in [0.5, 0.6) is 0 Å². The molecule has 0 radical (unpaired) electrons. The third kappa shape index (κ3) is 4.53. The number of aryl methyl sites for hydroxylation is 2. The molecule has 0 saturated carbocycles. The molecule has 26 heavy (non-hydrogen) atoms. The van der Waals surface area contributed by atoms with Crippen molar-refractivity contribution in [2.45, 2.75) is 27.7 Å². The van der Waals surface area contributed by atoms with E-state index in [1.54, 1.807) is 0 Å². The van der Waals surface area contributed by atoms with E-state index in [1.165, 1.54) is 16.0 Å². The summed E-state index contributed by atoms with van der Waals surface area (Å²) in [6.45, 7) is 11.7. The maximum absolute atomic E-state index is 12.9. The second-order valence-electron chi connectivity index (χ2n) is 6.50. The lowest BCUT2D eigenvalue weighted by Crippen LogP contribution is -3.11. The van der Waals surface area contributed by atoms with Gasteiger partial charge in [-0.15, -0.1) is 0 Å². The Balaban J connectivity index is 2.16. The zero-order valence-corrected chi connectivity index (χ0v) is 16.7. The standard InChI is InChI=1S/C19H26N4O2S/c1-5-22(6-2)10-9-20-12-15-17(24)21-19(26)23(18(15)25)16-8-7-13(3)11-14(16)4/h7-8,11-12,15H,5-6,9-10H2,1-4H3,(H,21,24,26)/p+1. The van der Waals surface area contributed by atoms with E-state index in [4.69, 9.17) is 12.2 Å². The number of hydrogen-bond acceptors (Lipinski definition) is 4. The van der Waals surface area contributed by atoms with Gasteiger partial charge < -0.3 is 10.2 Å². The summed E-state index contributed by atoms with van der Waals surface area (Å²) in [5, 5.41) is 2.74. The third-order valence-corrected chi connectivity index (χ3v) is 4.93. The molecule has 1 heterocycles. The summed E-state index contributed by atoms with van der Waals surface area (Å²) >= 11 is 5.24. The van der Waals surface area contributed by atoms with E-state index in [-0.39, 0.29) is 11.0 Å². The second-order valence-corrected chi connectivity index (χ2v) is 6.88. The van der Waals surface area contributed by atoms with Gasteiger partial charge in [0.05, 0.1) is 31.9 Å². The van der Waals surface area contributed by atoms with E-state index in [2.05, 4.69) is 24.2 Å². The molecule has 1 aromatic carbocycles. The van der Waals surface area contributed by atoms with Crippen LogP contribution in [0.25, 0.3) is 0 Å². The average molecular weight is 376 g/mol. The first-order valence-corrected chi connectivity index (χ1v) is 9.39. The van der Waals surface area contributed by atoms with Crippen LogP contribution >= 0.6 is 12.2 Å². The van der Waals surface area contributed by atoms with Gasteiger partial charge in [0.25, 0.3) is 5.91 Å². The lowest BCUT2D eigenvalue weighted by atomic mass is 10.0. The van der Waals surface area contributed by atoms with Gasteiger partial charge >= 0.3 is 0 Å². The largest absolute Gasteiger partial charge is 0.334 e. The number of benzene rings is 1. The summed E-state index contributed by atoms with van der Waals surface area (Å²) in [7, 11) is 0. The predicted octanol–water partition coefficient (Wildman–Crippen LogP) is 0.663. The van der Waals surface area contributed by atoms with Crippen molar-refractivity contribution in [1.29, 1.82) is 0 Å². The number of hydrogen-bond donors (Lipinski definition) is 2. The minimum absolute atomic E-state index is 0.115. The summed E-state index contributed by atoms with van der Waals surface area (Å²) < 4.78 is 0. The van der Waals surface area contributed by atoms with Crippen molar-refractivity contribution in [2.75, 3.05) is 31.1 Å². The number of likely N-dealkylation sites (N-methyl/N-ethyl adjacent to an activating group) is 1. The minimum atomic E-state index is -0.950. The number of thiocarbonyl (C=S) groups is 1. The number of amides is 2. The summed E-state index contributed by atoms with van der Waals surface area (Å²) in [6, 6.07) is 5.76. The van der Waals surface area contributed by atoms with Crippen LogP contribution in [0.3, 0.4) is 0 Å². The highest BCUT2D eigenvalue weighted by molar-refractivity contribution is 7.80. The molecule has 1 atom stereocenters. The maximum atomic E-state index is 12.9. The first kappa shape index (κ1) is 20.2. The fourth-order valence-electron chi connectivity index (χ4n) is 3.01. The summed E-state index contributed by atoms with van der Waals surface area (Å²) in [4.78, 5) is 32.3. The molecule has 0 spiro atoms. The third-order valence-electron chi connectivity index (χ3n) is 4.64. The number of carbonyl (C=O) groups excluding carboxylic acids is 2. The number of rotatable bonds is 7. The highest BCUT2D eigenvalue weighted by Crippen LogP contribution is 2.25. The summed E-state index contributed by atoms with van der Waals surface area (Å²) in [5.41, 5.74) is 2.72. The van der Waals surface area contributed by atoms with Crippen molar-refractivity contribution in [3.8, 4) is 0 Å². The predicted molar refractivity (Wildman–Crippen MR) is 108 cm³/mol. The quantitative estimate of drug-likeness (QED) is 0.418. The molecular weight excluding hydrogens is 348 g/mol. The van der Waals surface area contributed by atoms with Gasteiger partial charge in [0.2, 0.25) is 5.91 Å². The molecule has 2 N–H and O–H groups in total. The van der Waals surface area contributed by atoms with Crippen molar-refractivity contribution in [1.82, 2.24) is 5.32 Å². The van der Waals surface area contributed by atoms with Crippen molar-refractivity contribution in [3.05, 3.63) is 29.3 Å². The van der Waals surface area contributed by atoms with Crippen molar-refractivity contribution in [3.63, 3.8) is 0 Å². The van der Waals surface area contributed by atoms with Crippen LogP contribution in [0.4, 0.5) is 5.69 Å². The molecule has 1 unspecified atom stereocenters. The Kier molecular flexibility index (Phi) is 6.99. The normalized spacial score (nSPS) is 18.1. The van der Waals surface area contributed by atoms with Crippen LogP contribution in [-0.2, 0) is 9.59 Å². The van der Waals surface area contributed by atoms with Crippen molar-refractivity contribution in [2.24, 2.45) is 10.9 Å². The van der Waals surface area contributed by atoms with Crippen LogP contribution < -0.4 is 15.1 Å². The van der Waals surface area contributed by atoms with E-state index in [0.29, 0.717) is 12.2 Å². The molecular formula is C19H27N4O2S+. The second kappa shape index (κ2) is 9.00. The van der Waals surface area contributed by atoms with Gasteiger partial charge in [0.15, 0.2) is 11.0 Å². The molecule has 2 rings (SSSR count). The molecule has 1 saturated heterocycles. The molecule has 7 heteroatoms. The fraction of sp³-hybridized carbons (Fsp3) is 0.474. The number of anilines is 1. The molecule has 140 valence electrons. The number of nitrogens with zero attached hydrogens (tertiary/aromatic N) is 2. The molecule has 0 aromatic heterocycles. The lowest BCUT2D eigenvalue weighted by Gasteiger charge is -2.32. The zero-order valence-electron chi connectivity index (χ0n) is 15.8. The average Bonchev–Trinajstić information content (AvgIpc) is 2.59. The van der Waals surface area contributed by atoms with Crippen molar-refractivity contribution >= 4 is 41.0 Å². The summed E-state index contributed by atoms with van der Waals surface area (Å²) in [6.07, 6.45) is 1.46. The van der Waals surface area contributed by atoms with Crippen LogP contribution in [0, 0.1) is 19.8 Å². The number of carbonyl (C=O) groups is 2. The topological polar surface area (TPSA) is 66.2 Å². The Morgan fingerprint density at radius 3 is 2.58 bits per heavy atom. The van der Waals surface area contributed by atoms with Gasteiger partial charge in [-0.3, -0.25) is 19.5 Å². The van der Waals surface area contributed by atoms with Crippen LogP contribution in [-0.4, -0.2) is 49.3 Å². The van der Waals surface area contributed by atoms with E-state index >= 15 is 0 Å². The molecule has 0 bridgehead atoms. The van der Waals surface area contributed by atoms with Gasteiger partial charge in [0.1, 0.15) is 0 Å². The Hall–Kier alpha value is -2.12. The van der Waals surface area contributed by atoms with Gasteiger partial charge in [0, 0.05) is 6.21 Å². The molecule has 1 aromatic rings.